The van der Waals surface area contributed by atoms with Crippen molar-refractivity contribution in [3.8, 4) is 0 Å². The Morgan fingerprint density at radius 2 is 1.63 bits per heavy atom. The molecule has 1 aromatic rings. The van der Waals surface area contributed by atoms with Crippen LogP contribution in [0.4, 0.5) is 0 Å². The standard InChI is InChI=1S/C10H7Br2IO6/c11-6-1-4(2-7(14)15)10(13(18)19)5(9(6)12)3-8(16)17/h1H,2-3H2,(H,14,15)(H,16,17). The molecule has 0 amide bonds. The van der Waals surface area contributed by atoms with E-state index in [2.05, 4.69) is 31.9 Å². The van der Waals surface area contributed by atoms with Crippen LogP contribution in [0.15, 0.2) is 15.0 Å². The summed E-state index contributed by atoms with van der Waals surface area (Å²) in [5, 5.41) is 17.6. The van der Waals surface area contributed by atoms with Gasteiger partial charge in [0.05, 0.1) is 16.4 Å². The Bertz CT molecular complexity index is 615. The van der Waals surface area contributed by atoms with Crippen molar-refractivity contribution in [1.82, 2.24) is 0 Å². The molecular weight excluding hydrogens is 503 g/mol. The Balaban J connectivity index is 3.61. The maximum atomic E-state index is 11.4. The first-order valence-electron chi connectivity index (χ1n) is 4.72. The van der Waals surface area contributed by atoms with Crippen LogP contribution in [0.1, 0.15) is 11.1 Å². The van der Waals surface area contributed by atoms with Crippen LogP contribution in [-0.2, 0) is 28.6 Å². The van der Waals surface area contributed by atoms with E-state index in [1.807, 2.05) is 0 Å². The zero-order chi connectivity index (χ0) is 14.7. The number of halogens is 3. The summed E-state index contributed by atoms with van der Waals surface area (Å²) in [6, 6.07) is 1.37. The molecule has 1 aromatic carbocycles. The van der Waals surface area contributed by atoms with Crippen molar-refractivity contribution in [3.05, 3.63) is 29.7 Å². The summed E-state index contributed by atoms with van der Waals surface area (Å²) in [6.45, 7) is 0. The molecule has 0 aromatic heterocycles. The van der Waals surface area contributed by atoms with Crippen molar-refractivity contribution in [1.29, 1.82) is 0 Å². The second-order valence-corrected chi connectivity index (χ2v) is 7.45. The number of carboxylic acids is 2. The lowest BCUT2D eigenvalue weighted by Gasteiger charge is -2.11. The lowest BCUT2D eigenvalue weighted by molar-refractivity contribution is -0.137. The van der Waals surface area contributed by atoms with Crippen molar-refractivity contribution in [3.63, 3.8) is 0 Å². The zero-order valence-electron chi connectivity index (χ0n) is 9.15. The van der Waals surface area contributed by atoms with E-state index in [4.69, 9.17) is 10.2 Å². The molecule has 1 rings (SSSR count). The minimum atomic E-state index is -4.03. The van der Waals surface area contributed by atoms with Crippen molar-refractivity contribution in [2.24, 2.45) is 0 Å². The molecule has 0 bridgehead atoms. The molecule has 0 fully saturated rings. The fraction of sp³-hybridized carbons (Fsp3) is 0.200. The normalized spacial score (nSPS) is 10.7. The highest BCUT2D eigenvalue weighted by Crippen LogP contribution is 2.37. The van der Waals surface area contributed by atoms with Gasteiger partial charge in [-0.2, -0.15) is 0 Å². The largest absolute Gasteiger partial charge is 0.481 e. The first-order chi connectivity index (χ1) is 8.73. The predicted molar refractivity (Wildman–Crippen MR) is 78.6 cm³/mol. The van der Waals surface area contributed by atoms with E-state index >= 15 is 0 Å². The van der Waals surface area contributed by atoms with Gasteiger partial charge in [0.1, 0.15) is 0 Å². The Morgan fingerprint density at radius 1 is 1.11 bits per heavy atom. The van der Waals surface area contributed by atoms with Gasteiger partial charge in [-0.3, -0.25) is 9.59 Å². The molecule has 0 heterocycles. The Hall–Kier alpha value is -0.550. The Morgan fingerprint density at radius 3 is 2.05 bits per heavy atom. The van der Waals surface area contributed by atoms with Crippen LogP contribution in [0.2, 0.25) is 0 Å². The highest BCUT2D eigenvalue weighted by Gasteiger charge is 2.22. The third kappa shape index (κ3) is 4.21. The van der Waals surface area contributed by atoms with Gasteiger partial charge in [0.25, 0.3) is 0 Å². The molecule has 0 aliphatic carbocycles. The molecule has 0 aliphatic rings. The van der Waals surface area contributed by atoms with Gasteiger partial charge in [-0.25, -0.2) is 6.14 Å². The highest BCUT2D eigenvalue weighted by atomic mass is 127. The van der Waals surface area contributed by atoms with Gasteiger partial charge in [-0.15, -0.1) is 0 Å². The Labute approximate surface area is 131 Å². The number of aliphatic carboxylic acids is 2. The lowest BCUT2D eigenvalue weighted by atomic mass is 10.1. The number of hydrogen-bond donors (Lipinski definition) is 2. The van der Waals surface area contributed by atoms with E-state index in [0.717, 1.165) is 0 Å². The fourth-order valence-corrected chi connectivity index (χ4v) is 4.75. The van der Waals surface area contributed by atoms with Crippen LogP contribution in [0, 0.1) is 3.57 Å². The van der Waals surface area contributed by atoms with Gasteiger partial charge < -0.3 is 10.2 Å². The molecule has 104 valence electrons. The second kappa shape index (κ2) is 6.75. The molecule has 2 N–H and O–H groups in total. The average Bonchev–Trinajstić information content (AvgIpc) is 2.23. The lowest BCUT2D eigenvalue weighted by Crippen LogP contribution is -2.09. The molecule has 6 nitrogen and oxygen atoms in total. The van der Waals surface area contributed by atoms with E-state index in [1.165, 1.54) is 6.07 Å². The summed E-state index contributed by atoms with van der Waals surface area (Å²) < 4.78 is 23.3. The van der Waals surface area contributed by atoms with Gasteiger partial charge in [-0.05, 0) is 49.1 Å². The smallest absolute Gasteiger partial charge is 0.341 e. The predicted octanol–water partition coefficient (Wildman–Crippen LogP) is 2.83. The minimum Gasteiger partial charge on any atom is -0.481 e. The number of carboxylic acid groups (broad SMARTS) is 2. The first kappa shape index (κ1) is 16.5. The SMILES string of the molecule is O=C(O)Cc1cc(Br)c(Br)c(CC(=O)O)c1I(=O)=O. The van der Waals surface area contributed by atoms with Crippen LogP contribution >= 0.6 is 51.7 Å². The topological polar surface area (TPSA) is 109 Å². The number of carbonyl (C=O) groups is 2. The summed E-state index contributed by atoms with van der Waals surface area (Å²) in [5.41, 5.74) is 0.169. The fourth-order valence-electron chi connectivity index (χ4n) is 1.50. The Kier molecular flexibility index (Phi) is 5.86. The van der Waals surface area contributed by atoms with Crippen molar-refractivity contribution < 1.29 is 25.9 Å². The highest BCUT2D eigenvalue weighted by molar-refractivity contribution is 14.2. The number of benzene rings is 1. The summed E-state index contributed by atoms with van der Waals surface area (Å²) in [5.74, 6) is -2.38. The molecule has 19 heavy (non-hydrogen) atoms. The quantitative estimate of drug-likeness (QED) is 0.467. The van der Waals surface area contributed by atoms with Gasteiger partial charge in [0, 0.05) is 8.95 Å². The van der Waals surface area contributed by atoms with Crippen molar-refractivity contribution in [2.45, 2.75) is 12.8 Å². The number of rotatable bonds is 5. The van der Waals surface area contributed by atoms with Crippen LogP contribution < -0.4 is 0 Å². The van der Waals surface area contributed by atoms with Crippen LogP contribution in [0.25, 0.3) is 0 Å². The van der Waals surface area contributed by atoms with E-state index in [0.29, 0.717) is 8.95 Å². The van der Waals surface area contributed by atoms with Crippen molar-refractivity contribution in [2.75, 3.05) is 0 Å². The van der Waals surface area contributed by atoms with Gasteiger partial charge in [0.2, 0.25) is 0 Å². The summed E-state index contributed by atoms with van der Waals surface area (Å²) in [7, 11) is 0. The summed E-state index contributed by atoms with van der Waals surface area (Å²) in [6.07, 6.45) is -0.979. The third-order valence-electron chi connectivity index (χ3n) is 2.15. The van der Waals surface area contributed by atoms with E-state index in [1.54, 1.807) is 0 Å². The summed E-state index contributed by atoms with van der Waals surface area (Å²) >= 11 is 2.23. The molecule has 0 radical (unpaired) electrons. The third-order valence-corrected chi connectivity index (χ3v) is 6.43. The van der Waals surface area contributed by atoms with Gasteiger partial charge >= 0.3 is 31.7 Å². The van der Waals surface area contributed by atoms with Gasteiger partial charge in [-0.1, -0.05) is 0 Å². The summed E-state index contributed by atoms with van der Waals surface area (Å²) in [4.78, 5) is 21.5. The van der Waals surface area contributed by atoms with E-state index in [9.17, 15) is 15.7 Å². The zero-order valence-corrected chi connectivity index (χ0v) is 14.5. The number of hydrogen-bond acceptors (Lipinski definition) is 4. The van der Waals surface area contributed by atoms with Crippen LogP contribution in [-0.4, -0.2) is 22.2 Å². The molecule has 0 saturated carbocycles. The maximum Gasteiger partial charge on any atom is 0.341 e. The van der Waals surface area contributed by atoms with Gasteiger partial charge in [0.15, 0.2) is 0 Å². The monoisotopic (exact) mass is 508 g/mol. The average molecular weight is 510 g/mol. The minimum absolute atomic E-state index is 0.0772. The maximum absolute atomic E-state index is 11.4. The van der Waals surface area contributed by atoms with Crippen LogP contribution in [0.3, 0.4) is 0 Å². The molecule has 0 saturated heterocycles. The second-order valence-electron chi connectivity index (χ2n) is 3.48. The molecule has 0 atom stereocenters. The molecule has 9 heteroatoms. The van der Waals surface area contributed by atoms with Crippen LogP contribution in [0.5, 0.6) is 0 Å². The molecule has 0 unspecified atom stereocenters. The molecule has 0 spiro atoms. The molecule has 0 aliphatic heterocycles. The molecular formula is C10H7Br2IO6. The van der Waals surface area contributed by atoms with Crippen molar-refractivity contribution >= 4 is 63.6 Å². The van der Waals surface area contributed by atoms with E-state index < -0.39 is 44.6 Å². The van der Waals surface area contributed by atoms with E-state index in [-0.39, 0.29) is 14.7 Å². The first-order valence-corrected chi connectivity index (χ1v) is 9.15.